The zero-order valence-electron chi connectivity index (χ0n) is 47.9. The molecule has 0 saturated carbocycles. The summed E-state index contributed by atoms with van der Waals surface area (Å²) in [5.74, 6) is 0.759. The van der Waals surface area contributed by atoms with Gasteiger partial charge in [0.1, 0.15) is 16.7 Å². The van der Waals surface area contributed by atoms with E-state index in [-0.39, 0.29) is 43.1 Å². The third-order valence-electron chi connectivity index (χ3n) is 13.5. The van der Waals surface area contributed by atoms with E-state index in [0.29, 0.717) is 50.1 Å². The molecule has 4 heterocycles. The maximum atomic E-state index is 13.7. The van der Waals surface area contributed by atoms with E-state index in [1.54, 1.807) is 30.5 Å². The van der Waals surface area contributed by atoms with Crippen LogP contribution in [0.5, 0.6) is 0 Å². The van der Waals surface area contributed by atoms with Gasteiger partial charge in [0.05, 0.1) is 28.0 Å². The molecule has 0 unspecified atom stereocenters. The fourth-order valence-corrected chi connectivity index (χ4v) is 10.0. The van der Waals surface area contributed by atoms with Gasteiger partial charge in [-0.2, -0.15) is 13.2 Å². The number of alkyl halides is 3. The number of hydrogen-bond acceptors (Lipinski definition) is 4. The minimum atomic E-state index is -4.49. The van der Waals surface area contributed by atoms with Gasteiger partial charge < -0.3 is 18.4 Å². The average molecular weight is 1190 g/mol. The second kappa shape index (κ2) is 20.5. The van der Waals surface area contributed by atoms with Crippen LogP contribution in [0.4, 0.5) is 13.2 Å². The molecule has 0 spiro atoms. The zero-order valence-corrected chi connectivity index (χ0v) is 45.3. The molecular formula is C67H56F3IrN3O2-2. The largest absolute Gasteiger partial charge is 0.501 e. The van der Waals surface area contributed by atoms with Gasteiger partial charge in [0.25, 0.3) is 0 Å². The van der Waals surface area contributed by atoms with Gasteiger partial charge in [-0.3, -0.25) is 4.98 Å². The van der Waals surface area contributed by atoms with Crippen LogP contribution in [0, 0.1) is 24.4 Å². The third kappa shape index (κ3) is 9.90. The summed E-state index contributed by atoms with van der Waals surface area (Å²) in [6, 6.07) is 56.7. The SMILES string of the molecule is CC(C)c1cc2c(oc3cc(-c4ccccc4)ccc32)c(C(C)C)c1-n1c(-c2[c-]ccc3c2oc2cc(C(F)(F)F)ccc23)nc2ccccc21.[2H]C([2H])([2H])c1c[c-]c(-c2ccc(C([2H])([2H])C(C)(C)C)cn2)cc1-c1ccccc1.[Ir]. The Kier molecular flexibility index (Phi) is 12.4. The maximum absolute atomic E-state index is 13.7. The summed E-state index contributed by atoms with van der Waals surface area (Å²) in [4.78, 5) is 9.61. The van der Waals surface area contributed by atoms with Crippen LogP contribution < -0.4 is 0 Å². The monoisotopic (exact) mass is 1190 g/mol. The van der Waals surface area contributed by atoms with Crippen molar-refractivity contribution in [1.82, 2.24) is 14.5 Å². The number of imidazole rings is 1. The Morgan fingerprint density at radius 3 is 2.04 bits per heavy atom. The molecular weight excluding hydrogens is 1130 g/mol. The van der Waals surface area contributed by atoms with E-state index >= 15 is 0 Å². The number of nitrogens with zero attached hydrogens (tertiary/aromatic N) is 3. The fraction of sp³-hybridized carbons (Fsp3) is 0.194. The summed E-state index contributed by atoms with van der Waals surface area (Å²) in [5.41, 5.74) is 11.9. The van der Waals surface area contributed by atoms with Gasteiger partial charge in [-0.1, -0.05) is 169 Å². The topological polar surface area (TPSA) is 57.0 Å². The van der Waals surface area contributed by atoms with Crippen molar-refractivity contribution in [3.05, 3.63) is 210 Å². The summed E-state index contributed by atoms with van der Waals surface area (Å²) >= 11 is 0. The van der Waals surface area contributed by atoms with Crippen LogP contribution in [0.2, 0.25) is 0 Å². The number of halogens is 3. The standard InChI is InChI=1S/C44H32F3N2O2.C23H24N.Ir/c1-24(2)33-23-34-30-19-17-27(26-11-6-5-7-12-26)21-37(30)51-42(34)39(25(3)4)40(33)49-36-16-9-8-15-35(36)48-43(49)32-14-10-13-31-29-20-18-28(44(45,46)47)22-38(29)50-41(31)32;1-17-10-12-20(14-21(17)19-8-6-5-7-9-19)22-13-11-18(16-24-22)15-23(2,3)4;/h5-13,15-25H,1-4H3;5-11,13-14,16H,15H2,1-4H3;/q2*-1;/i;1D3,15D2;. The molecule has 8 aromatic carbocycles. The first-order valence-electron chi connectivity index (χ1n) is 27.6. The molecule has 0 saturated heterocycles. The van der Waals surface area contributed by atoms with E-state index in [9.17, 15) is 13.2 Å². The number of rotatable bonds is 8. The number of furan rings is 2. The van der Waals surface area contributed by atoms with Gasteiger partial charge in [0, 0.05) is 60.6 Å². The van der Waals surface area contributed by atoms with E-state index in [4.69, 9.17) is 20.7 Å². The average Bonchev–Trinajstić information content (AvgIpc) is 4.21. The van der Waals surface area contributed by atoms with Crippen molar-refractivity contribution in [3.8, 4) is 50.6 Å². The van der Waals surface area contributed by atoms with Crippen LogP contribution in [0.25, 0.3) is 105 Å². The van der Waals surface area contributed by atoms with Crippen molar-refractivity contribution in [3.63, 3.8) is 0 Å². The second-order valence-electron chi connectivity index (χ2n) is 20.6. The van der Waals surface area contributed by atoms with Crippen molar-refractivity contribution in [2.75, 3.05) is 0 Å². The van der Waals surface area contributed by atoms with E-state index in [0.717, 1.165) is 78.6 Å². The molecule has 0 amide bonds. The molecule has 12 aromatic rings. The maximum Gasteiger partial charge on any atom is 0.416 e. The first kappa shape index (κ1) is 45.8. The first-order chi connectivity index (χ1) is 38.0. The van der Waals surface area contributed by atoms with Crippen molar-refractivity contribution in [2.24, 2.45) is 5.41 Å². The number of hydrogen-bond donors (Lipinski definition) is 0. The fourth-order valence-electron chi connectivity index (χ4n) is 10.0. The summed E-state index contributed by atoms with van der Waals surface area (Å²) in [7, 11) is 0. The number of aryl methyl sites for hydroxylation is 1. The van der Waals surface area contributed by atoms with Crippen molar-refractivity contribution < 1.29 is 49.0 Å². The van der Waals surface area contributed by atoms with Crippen LogP contribution in [-0.4, -0.2) is 14.5 Å². The third-order valence-corrected chi connectivity index (χ3v) is 13.5. The number of benzene rings is 8. The molecule has 4 aromatic heterocycles. The van der Waals surface area contributed by atoms with Gasteiger partial charge in [0.2, 0.25) is 0 Å². The van der Waals surface area contributed by atoms with Crippen LogP contribution in [-0.2, 0) is 32.7 Å². The molecule has 76 heavy (non-hydrogen) atoms. The number of fused-ring (bicyclic) bond motifs is 7. The minimum absolute atomic E-state index is 0. The Balaban J connectivity index is 0.000000210. The van der Waals surface area contributed by atoms with Gasteiger partial charge in [0.15, 0.2) is 0 Å². The molecule has 0 N–H and O–H groups in total. The molecule has 1 radical (unpaired) electrons. The minimum Gasteiger partial charge on any atom is -0.501 e. The molecule has 0 atom stereocenters. The Hall–Kier alpha value is -7.58. The molecule has 5 nitrogen and oxygen atoms in total. The summed E-state index contributed by atoms with van der Waals surface area (Å²) in [6.07, 6.45) is -4.47. The quantitative estimate of drug-likeness (QED) is 0.142. The Morgan fingerprint density at radius 1 is 0.671 bits per heavy atom. The molecule has 0 bridgehead atoms. The van der Waals surface area contributed by atoms with E-state index in [2.05, 4.69) is 85.8 Å². The van der Waals surface area contributed by atoms with Crippen LogP contribution in [0.1, 0.15) is 95.0 Å². The number of pyridine rings is 1. The van der Waals surface area contributed by atoms with Crippen molar-refractivity contribution in [2.45, 2.75) is 79.7 Å². The normalized spacial score (nSPS) is 13.4. The number of aromatic nitrogens is 3. The predicted molar refractivity (Wildman–Crippen MR) is 300 cm³/mol. The smallest absolute Gasteiger partial charge is 0.416 e. The van der Waals surface area contributed by atoms with Crippen LogP contribution >= 0.6 is 0 Å². The molecule has 0 aliphatic carbocycles. The van der Waals surface area contributed by atoms with Gasteiger partial charge in [-0.05, 0) is 99.6 Å². The second-order valence-corrected chi connectivity index (χ2v) is 20.6. The summed E-state index contributed by atoms with van der Waals surface area (Å²) in [5, 5.41) is 3.40. The Bertz CT molecular complexity index is 4290. The Labute approximate surface area is 461 Å². The molecule has 383 valence electrons. The van der Waals surface area contributed by atoms with Gasteiger partial charge in [-0.25, -0.2) is 0 Å². The Morgan fingerprint density at radius 2 is 1.36 bits per heavy atom. The number of para-hydroxylation sites is 2. The zero-order chi connectivity index (χ0) is 56.6. The predicted octanol–water partition coefficient (Wildman–Crippen LogP) is 19.3. The van der Waals surface area contributed by atoms with Gasteiger partial charge >= 0.3 is 6.18 Å². The first-order valence-corrected chi connectivity index (χ1v) is 25.1. The van der Waals surface area contributed by atoms with E-state index in [1.807, 2.05) is 99.6 Å². The van der Waals surface area contributed by atoms with Gasteiger partial charge in [-0.15, -0.1) is 47.5 Å². The molecule has 9 heteroatoms. The molecule has 0 fully saturated rings. The van der Waals surface area contributed by atoms with Crippen LogP contribution in [0.15, 0.2) is 179 Å². The molecule has 12 rings (SSSR count). The molecule has 0 aliphatic rings. The summed E-state index contributed by atoms with van der Waals surface area (Å²) in [6.45, 7) is 12.0. The van der Waals surface area contributed by atoms with Crippen molar-refractivity contribution in [1.29, 1.82) is 0 Å². The van der Waals surface area contributed by atoms with E-state index < -0.39 is 30.4 Å². The summed E-state index contributed by atoms with van der Waals surface area (Å²) < 4.78 is 96.7. The molecule has 0 aliphatic heterocycles. The van der Waals surface area contributed by atoms with Crippen LogP contribution in [0.3, 0.4) is 0 Å². The van der Waals surface area contributed by atoms with E-state index in [1.165, 1.54) is 12.1 Å². The van der Waals surface area contributed by atoms with Crippen molar-refractivity contribution >= 4 is 54.9 Å².